The van der Waals surface area contributed by atoms with Gasteiger partial charge in [-0.3, -0.25) is 0 Å². The Morgan fingerprint density at radius 3 is 2.76 bits per heavy atom. The van der Waals surface area contributed by atoms with Gasteiger partial charge in [0, 0.05) is 17.5 Å². The number of hydrogen-bond donors (Lipinski definition) is 1. The molecule has 0 aliphatic rings. The minimum Gasteiger partial charge on any atom is -0.327 e. The highest BCUT2D eigenvalue weighted by Gasteiger charge is 2.12. The van der Waals surface area contributed by atoms with Crippen LogP contribution in [0.25, 0.3) is 10.2 Å². The normalized spacial score (nSPS) is 12.7. The molecule has 0 saturated heterocycles. The number of hydrogen-bond acceptors (Lipinski definition) is 3. The third-order valence-corrected chi connectivity index (χ3v) is 4.68. The first kappa shape index (κ1) is 14.4. The van der Waals surface area contributed by atoms with Crippen molar-refractivity contribution in [2.45, 2.75) is 18.9 Å². The molecule has 0 fully saturated rings. The molecule has 5 heteroatoms. The SMILES string of the molecule is NC(Cc1nc2ccccc2s1)Cc1ccc(F)cc1Cl. The van der Waals surface area contributed by atoms with Crippen molar-refractivity contribution >= 4 is 33.2 Å². The van der Waals surface area contributed by atoms with Crippen molar-refractivity contribution in [2.75, 3.05) is 0 Å². The van der Waals surface area contributed by atoms with Gasteiger partial charge in [0.15, 0.2) is 0 Å². The number of para-hydroxylation sites is 1. The molecule has 0 bridgehead atoms. The summed E-state index contributed by atoms with van der Waals surface area (Å²) in [4.78, 5) is 4.58. The van der Waals surface area contributed by atoms with Gasteiger partial charge < -0.3 is 5.73 Å². The molecule has 3 rings (SSSR count). The Balaban J connectivity index is 1.72. The molecular formula is C16H14ClFN2S. The molecule has 0 saturated carbocycles. The van der Waals surface area contributed by atoms with Crippen LogP contribution in [-0.2, 0) is 12.8 Å². The van der Waals surface area contributed by atoms with E-state index in [0.717, 1.165) is 16.1 Å². The van der Waals surface area contributed by atoms with E-state index in [1.807, 2.05) is 18.2 Å². The number of nitrogens with zero attached hydrogens (tertiary/aromatic N) is 1. The maximum Gasteiger partial charge on any atom is 0.124 e. The second-order valence-electron chi connectivity index (χ2n) is 4.98. The van der Waals surface area contributed by atoms with Crippen molar-refractivity contribution in [1.82, 2.24) is 4.98 Å². The largest absolute Gasteiger partial charge is 0.327 e. The van der Waals surface area contributed by atoms with E-state index in [-0.39, 0.29) is 11.9 Å². The highest BCUT2D eigenvalue weighted by Crippen LogP contribution is 2.24. The zero-order valence-corrected chi connectivity index (χ0v) is 12.8. The number of nitrogens with two attached hydrogens (primary N) is 1. The first-order chi connectivity index (χ1) is 10.1. The molecule has 0 aliphatic heterocycles. The van der Waals surface area contributed by atoms with E-state index in [4.69, 9.17) is 17.3 Å². The first-order valence-electron chi connectivity index (χ1n) is 6.66. The van der Waals surface area contributed by atoms with Crippen LogP contribution in [0.2, 0.25) is 5.02 Å². The molecule has 1 atom stereocenters. The topological polar surface area (TPSA) is 38.9 Å². The summed E-state index contributed by atoms with van der Waals surface area (Å²) >= 11 is 7.69. The van der Waals surface area contributed by atoms with Gasteiger partial charge in [0.1, 0.15) is 5.82 Å². The second-order valence-corrected chi connectivity index (χ2v) is 6.50. The Labute approximate surface area is 131 Å². The van der Waals surface area contributed by atoms with Gasteiger partial charge in [-0.25, -0.2) is 9.37 Å². The highest BCUT2D eigenvalue weighted by molar-refractivity contribution is 7.18. The zero-order chi connectivity index (χ0) is 14.8. The summed E-state index contributed by atoms with van der Waals surface area (Å²) in [6.45, 7) is 0. The van der Waals surface area contributed by atoms with E-state index in [1.165, 1.54) is 16.8 Å². The molecule has 0 radical (unpaired) electrons. The van der Waals surface area contributed by atoms with E-state index in [2.05, 4.69) is 11.1 Å². The number of rotatable bonds is 4. The molecule has 1 unspecified atom stereocenters. The maximum absolute atomic E-state index is 13.0. The highest BCUT2D eigenvalue weighted by atomic mass is 35.5. The Morgan fingerprint density at radius 1 is 1.19 bits per heavy atom. The molecule has 0 aliphatic carbocycles. The van der Waals surface area contributed by atoms with Crippen LogP contribution >= 0.6 is 22.9 Å². The summed E-state index contributed by atoms with van der Waals surface area (Å²) in [7, 11) is 0. The minimum atomic E-state index is -0.330. The Morgan fingerprint density at radius 2 is 2.00 bits per heavy atom. The average Bonchev–Trinajstić information content (AvgIpc) is 2.84. The van der Waals surface area contributed by atoms with Crippen LogP contribution in [0.15, 0.2) is 42.5 Å². The lowest BCUT2D eigenvalue weighted by Crippen LogP contribution is -2.25. The van der Waals surface area contributed by atoms with Crippen molar-refractivity contribution < 1.29 is 4.39 Å². The fourth-order valence-corrected chi connectivity index (χ4v) is 3.58. The Bertz CT molecular complexity index is 739. The van der Waals surface area contributed by atoms with Gasteiger partial charge in [-0.2, -0.15) is 0 Å². The van der Waals surface area contributed by atoms with Crippen molar-refractivity contribution in [3.05, 3.63) is 63.9 Å². The molecule has 21 heavy (non-hydrogen) atoms. The van der Waals surface area contributed by atoms with Crippen molar-refractivity contribution in [3.63, 3.8) is 0 Å². The van der Waals surface area contributed by atoms with Crippen LogP contribution in [-0.4, -0.2) is 11.0 Å². The molecular weight excluding hydrogens is 307 g/mol. The zero-order valence-electron chi connectivity index (χ0n) is 11.2. The number of thiazole rings is 1. The van der Waals surface area contributed by atoms with Crippen molar-refractivity contribution in [3.8, 4) is 0 Å². The van der Waals surface area contributed by atoms with E-state index >= 15 is 0 Å². The molecule has 1 aromatic heterocycles. The smallest absolute Gasteiger partial charge is 0.124 e. The van der Waals surface area contributed by atoms with Crippen LogP contribution in [0, 0.1) is 5.82 Å². The molecule has 2 N–H and O–H groups in total. The maximum atomic E-state index is 13.0. The van der Waals surface area contributed by atoms with Crippen LogP contribution in [0.4, 0.5) is 4.39 Å². The third kappa shape index (κ3) is 3.40. The standard InChI is InChI=1S/C16H14ClFN2S/c17-13-8-11(18)6-5-10(13)7-12(19)9-16-20-14-3-1-2-4-15(14)21-16/h1-6,8,12H,7,9,19H2. The summed E-state index contributed by atoms with van der Waals surface area (Å²) in [5, 5.41) is 1.44. The van der Waals surface area contributed by atoms with Gasteiger partial charge in [0.2, 0.25) is 0 Å². The van der Waals surface area contributed by atoms with E-state index in [9.17, 15) is 4.39 Å². The number of aromatic nitrogens is 1. The lowest BCUT2D eigenvalue weighted by atomic mass is 10.0. The minimum absolute atomic E-state index is 0.0893. The summed E-state index contributed by atoms with van der Waals surface area (Å²) in [6, 6.07) is 12.4. The molecule has 2 aromatic carbocycles. The van der Waals surface area contributed by atoms with Gasteiger partial charge in [-0.15, -0.1) is 11.3 Å². The van der Waals surface area contributed by atoms with E-state index in [0.29, 0.717) is 17.9 Å². The number of fused-ring (bicyclic) bond motifs is 1. The van der Waals surface area contributed by atoms with Gasteiger partial charge in [0.25, 0.3) is 0 Å². The predicted octanol–water partition coefficient (Wildman–Crippen LogP) is 4.20. The summed E-state index contributed by atoms with van der Waals surface area (Å²) in [5.41, 5.74) is 8.05. The first-order valence-corrected chi connectivity index (χ1v) is 7.85. The summed E-state index contributed by atoms with van der Waals surface area (Å²) in [5.74, 6) is -0.330. The quantitative estimate of drug-likeness (QED) is 0.782. The number of benzene rings is 2. The molecule has 108 valence electrons. The van der Waals surface area contributed by atoms with E-state index in [1.54, 1.807) is 17.4 Å². The third-order valence-electron chi connectivity index (χ3n) is 3.27. The van der Waals surface area contributed by atoms with Gasteiger partial charge >= 0.3 is 0 Å². The van der Waals surface area contributed by atoms with Crippen LogP contribution < -0.4 is 5.73 Å². The predicted molar refractivity (Wildman–Crippen MR) is 86.4 cm³/mol. The molecule has 2 nitrogen and oxygen atoms in total. The lowest BCUT2D eigenvalue weighted by molar-refractivity contribution is 0.623. The van der Waals surface area contributed by atoms with Crippen LogP contribution in [0.1, 0.15) is 10.6 Å². The van der Waals surface area contributed by atoms with Crippen molar-refractivity contribution in [2.24, 2.45) is 5.73 Å². The van der Waals surface area contributed by atoms with Crippen molar-refractivity contribution in [1.29, 1.82) is 0 Å². The van der Waals surface area contributed by atoms with Gasteiger partial charge in [-0.1, -0.05) is 29.8 Å². The molecule has 0 amide bonds. The van der Waals surface area contributed by atoms with Crippen LogP contribution in [0.3, 0.4) is 0 Å². The number of halogens is 2. The second kappa shape index (κ2) is 6.10. The summed E-state index contributed by atoms with van der Waals surface area (Å²) < 4.78 is 14.2. The fraction of sp³-hybridized carbons (Fsp3) is 0.188. The molecule has 3 aromatic rings. The van der Waals surface area contributed by atoms with E-state index < -0.39 is 0 Å². The molecule has 0 spiro atoms. The monoisotopic (exact) mass is 320 g/mol. The molecule has 1 heterocycles. The van der Waals surface area contributed by atoms with Crippen LogP contribution in [0.5, 0.6) is 0 Å². The Kier molecular flexibility index (Phi) is 4.19. The fourth-order valence-electron chi connectivity index (χ4n) is 2.27. The Hall–Kier alpha value is -1.49. The van der Waals surface area contributed by atoms with Gasteiger partial charge in [0.05, 0.1) is 15.2 Å². The lowest BCUT2D eigenvalue weighted by Gasteiger charge is -2.11. The van der Waals surface area contributed by atoms with Gasteiger partial charge in [-0.05, 0) is 36.2 Å². The summed E-state index contributed by atoms with van der Waals surface area (Å²) in [6.07, 6.45) is 1.29. The average molecular weight is 321 g/mol.